The number of allylic oxidation sites excluding steroid dienone is 1. The van der Waals surface area contributed by atoms with Crippen molar-refractivity contribution in [3.63, 3.8) is 0 Å². The van der Waals surface area contributed by atoms with E-state index in [1.807, 2.05) is 92.7 Å². The Bertz CT molecular complexity index is 1790. The molecule has 3 atom stereocenters. The van der Waals surface area contributed by atoms with E-state index < -0.39 is 29.7 Å². The lowest BCUT2D eigenvalue weighted by Crippen LogP contribution is -2.47. The molecule has 0 radical (unpaired) electrons. The lowest BCUT2D eigenvalue weighted by atomic mass is 9.82. The Kier molecular flexibility index (Phi) is 10.3. The number of halogens is 2. The van der Waals surface area contributed by atoms with Crippen molar-refractivity contribution >= 4 is 46.6 Å². The normalized spacial score (nSPS) is 15.4. The maximum absolute atomic E-state index is 14.7. The Morgan fingerprint density at radius 3 is 2.33 bits per heavy atom. The van der Waals surface area contributed by atoms with Crippen LogP contribution in [0.3, 0.4) is 0 Å². The highest BCUT2D eigenvalue weighted by molar-refractivity contribution is 6.36. The second-order valence-electron chi connectivity index (χ2n) is 12.1. The molecule has 5 rings (SSSR count). The van der Waals surface area contributed by atoms with Gasteiger partial charge in [0.15, 0.2) is 0 Å². The summed E-state index contributed by atoms with van der Waals surface area (Å²) < 4.78 is 0. The molecule has 0 bridgehead atoms. The van der Waals surface area contributed by atoms with Crippen molar-refractivity contribution < 1.29 is 14.4 Å². The summed E-state index contributed by atoms with van der Waals surface area (Å²) in [5.41, 5.74) is 11.5. The molecule has 0 saturated carbocycles. The first-order chi connectivity index (χ1) is 22.1. The van der Waals surface area contributed by atoms with E-state index in [2.05, 4.69) is 11.9 Å². The molecule has 4 aromatic carbocycles. The molecule has 6 nitrogen and oxygen atoms in total. The van der Waals surface area contributed by atoms with Gasteiger partial charge in [-0.15, -0.1) is 6.58 Å². The zero-order chi connectivity index (χ0) is 33.0. The summed E-state index contributed by atoms with van der Waals surface area (Å²) in [6.07, 6.45) is 2.30. The molecule has 0 saturated heterocycles. The molecular formula is C38H37Cl2N3O3. The van der Waals surface area contributed by atoms with Gasteiger partial charge in [-0.25, -0.2) is 0 Å². The van der Waals surface area contributed by atoms with E-state index in [1.54, 1.807) is 23.1 Å². The fourth-order valence-electron chi connectivity index (χ4n) is 6.25. The first kappa shape index (κ1) is 33.0. The van der Waals surface area contributed by atoms with Crippen molar-refractivity contribution in [3.05, 3.63) is 125 Å². The van der Waals surface area contributed by atoms with Crippen LogP contribution in [0.25, 0.3) is 22.3 Å². The van der Waals surface area contributed by atoms with Crippen LogP contribution in [-0.2, 0) is 20.9 Å². The second-order valence-corrected chi connectivity index (χ2v) is 12.9. The zero-order valence-electron chi connectivity index (χ0n) is 25.9. The predicted molar refractivity (Wildman–Crippen MR) is 186 cm³/mol. The van der Waals surface area contributed by atoms with E-state index in [-0.39, 0.29) is 24.8 Å². The fraction of sp³-hybridized carbons (Fsp3) is 0.237. The molecule has 4 aromatic rings. The van der Waals surface area contributed by atoms with E-state index in [0.717, 1.165) is 33.5 Å². The van der Waals surface area contributed by atoms with Crippen molar-refractivity contribution in [2.45, 2.75) is 39.3 Å². The first-order valence-electron chi connectivity index (χ1n) is 15.3. The molecule has 1 aliphatic rings. The van der Waals surface area contributed by atoms with Crippen LogP contribution in [0.4, 0.5) is 5.69 Å². The largest absolute Gasteiger partial charge is 0.369 e. The molecule has 236 valence electrons. The van der Waals surface area contributed by atoms with E-state index in [0.29, 0.717) is 22.0 Å². The number of nitrogens with zero attached hydrogens (tertiary/aromatic N) is 1. The zero-order valence-corrected chi connectivity index (χ0v) is 27.4. The van der Waals surface area contributed by atoms with Gasteiger partial charge in [-0.05, 0) is 65.3 Å². The average molecular weight is 655 g/mol. The number of rotatable bonds is 11. The van der Waals surface area contributed by atoms with Crippen molar-refractivity contribution in [1.29, 1.82) is 0 Å². The van der Waals surface area contributed by atoms with Gasteiger partial charge in [-0.3, -0.25) is 14.4 Å². The van der Waals surface area contributed by atoms with Gasteiger partial charge in [-0.2, -0.15) is 0 Å². The molecule has 46 heavy (non-hydrogen) atoms. The van der Waals surface area contributed by atoms with Gasteiger partial charge in [-0.1, -0.05) is 110 Å². The number of primary amides is 1. The minimum atomic E-state index is -1.00. The molecule has 3 N–H and O–H groups in total. The number of nitrogens with two attached hydrogens (primary N) is 1. The number of nitrogens with one attached hydrogen (secondary N) is 1. The third-order valence-corrected chi connectivity index (χ3v) is 8.95. The molecule has 0 aliphatic carbocycles. The molecule has 0 fully saturated rings. The summed E-state index contributed by atoms with van der Waals surface area (Å²) in [4.78, 5) is 43.0. The standard InChI is InChI=1S/C38H37Cl2N3O3/c1-4-10-31(36(41)44)32(19-23(2)3)37(45)42-35-30-15-6-5-13-28(30)29-14-7-8-16-34(29)43(38(35)46)22-24-11-9-12-25(20-24)27-18-17-26(39)21-33(27)40/h4-9,11-18,20-21,23,31-32,35H,1,10,19,22H2,2-3H3,(H2,41,44)(H,42,45). The maximum atomic E-state index is 14.7. The van der Waals surface area contributed by atoms with Crippen LogP contribution >= 0.6 is 23.2 Å². The van der Waals surface area contributed by atoms with Gasteiger partial charge >= 0.3 is 0 Å². The molecule has 3 unspecified atom stereocenters. The average Bonchev–Trinajstić information content (AvgIpc) is 3.12. The Balaban J connectivity index is 1.57. The van der Waals surface area contributed by atoms with Crippen molar-refractivity contribution in [2.24, 2.45) is 23.5 Å². The van der Waals surface area contributed by atoms with Gasteiger partial charge in [0.2, 0.25) is 11.8 Å². The molecular weight excluding hydrogens is 617 g/mol. The molecule has 0 spiro atoms. The molecule has 1 aliphatic heterocycles. The van der Waals surface area contributed by atoms with Gasteiger partial charge < -0.3 is 16.0 Å². The number of carbonyl (C=O) groups is 3. The third-order valence-electron chi connectivity index (χ3n) is 8.40. The van der Waals surface area contributed by atoms with Gasteiger partial charge in [0.1, 0.15) is 6.04 Å². The Morgan fingerprint density at radius 1 is 0.913 bits per heavy atom. The number of anilines is 1. The second kappa shape index (κ2) is 14.4. The van der Waals surface area contributed by atoms with Crippen LogP contribution < -0.4 is 16.0 Å². The van der Waals surface area contributed by atoms with Crippen molar-refractivity contribution in [2.75, 3.05) is 4.90 Å². The van der Waals surface area contributed by atoms with E-state index in [4.69, 9.17) is 28.9 Å². The quantitative estimate of drug-likeness (QED) is 0.159. The molecule has 8 heteroatoms. The summed E-state index contributed by atoms with van der Waals surface area (Å²) in [6, 6.07) is 27.6. The first-order valence-corrected chi connectivity index (χ1v) is 16.1. The summed E-state index contributed by atoms with van der Waals surface area (Å²) in [6.45, 7) is 7.98. The minimum Gasteiger partial charge on any atom is -0.369 e. The van der Waals surface area contributed by atoms with Crippen LogP contribution in [0.1, 0.15) is 43.9 Å². The SMILES string of the molecule is C=CCC(C(N)=O)C(CC(C)C)C(=O)NC1C(=O)N(Cc2cccc(-c3ccc(Cl)cc3Cl)c2)c2ccccc2-c2ccccc21. The predicted octanol–water partition coefficient (Wildman–Crippen LogP) is 8.37. The highest BCUT2D eigenvalue weighted by Gasteiger charge is 2.38. The molecule has 1 heterocycles. The van der Waals surface area contributed by atoms with E-state index in [1.165, 1.54) is 0 Å². The van der Waals surface area contributed by atoms with Crippen LogP contribution in [0, 0.1) is 17.8 Å². The number of benzene rings is 4. The number of para-hydroxylation sites is 1. The van der Waals surface area contributed by atoms with Crippen LogP contribution in [0.5, 0.6) is 0 Å². The monoisotopic (exact) mass is 653 g/mol. The summed E-state index contributed by atoms with van der Waals surface area (Å²) >= 11 is 12.7. The highest BCUT2D eigenvalue weighted by atomic mass is 35.5. The lowest BCUT2D eigenvalue weighted by Gasteiger charge is -2.30. The number of fused-ring (bicyclic) bond motifs is 3. The summed E-state index contributed by atoms with van der Waals surface area (Å²) in [5.74, 6) is -2.60. The van der Waals surface area contributed by atoms with Gasteiger partial charge in [0.05, 0.1) is 24.1 Å². The smallest absolute Gasteiger partial charge is 0.254 e. The minimum absolute atomic E-state index is 0.113. The summed E-state index contributed by atoms with van der Waals surface area (Å²) in [7, 11) is 0. The Labute approximate surface area is 280 Å². The number of hydrogen-bond donors (Lipinski definition) is 2. The van der Waals surface area contributed by atoms with E-state index >= 15 is 0 Å². The number of amides is 3. The highest BCUT2D eigenvalue weighted by Crippen LogP contribution is 2.41. The topological polar surface area (TPSA) is 92.5 Å². The third kappa shape index (κ3) is 7.04. The Morgan fingerprint density at radius 2 is 1.63 bits per heavy atom. The van der Waals surface area contributed by atoms with Crippen LogP contribution in [0.2, 0.25) is 10.0 Å². The molecule has 0 aromatic heterocycles. The Hall–Kier alpha value is -4.39. The summed E-state index contributed by atoms with van der Waals surface area (Å²) in [5, 5.41) is 4.14. The van der Waals surface area contributed by atoms with Crippen LogP contribution in [0.15, 0.2) is 104 Å². The lowest BCUT2D eigenvalue weighted by molar-refractivity contribution is -0.135. The maximum Gasteiger partial charge on any atom is 0.254 e. The molecule has 3 amide bonds. The van der Waals surface area contributed by atoms with Gasteiger partial charge in [0, 0.05) is 21.2 Å². The fourth-order valence-corrected chi connectivity index (χ4v) is 6.77. The van der Waals surface area contributed by atoms with Crippen molar-refractivity contribution in [3.8, 4) is 22.3 Å². The van der Waals surface area contributed by atoms with Crippen molar-refractivity contribution in [1.82, 2.24) is 5.32 Å². The van der Waals surface area contributed by atoms with Crippen LogP contribution in [-0.4, -0.2) is 17.7 Å². The van der Waals surface area contributed by atoms with Gasteiger partial charge in [0.25, 0.3) is 5.91 Å². The number of hydrogen-bond acceptors (Lipinski definition) is 3. The van der Waals surface area contributed by atoms with E-state index in [9.17, 15) is 14.4 Å². The number of carbonyl (C=O) groups excluding carboxylic acids is 3.